The van der Waals surface area contributed by atoms with Crippen molar-refractivity contribution in [1.29, 1.82) is 0 Å². The van der Waals surface area contributed by atoms with E-state index in [2.05, 4.69) is 12.2 Å². The Kier molecular flexibility index (Phi) is 3.31. The van der Waals surface area contributed by atoms with Crippen molar-refractivity contribution in [3.8, 4) is 0 Å². The van der Waals surface area contributed by atoms with Gasteiger partial charge in [-0.25, -0.2) is 0 Å². The largest absolute Gasteiger partial charge is 0.388 e. The maximum Gasteiger partial charge on any atom is 0.228 e. The summed E-state index contributed by atoms with van der Waals surface area (Å²) in [5.74, 6) is 1.22. The molecule has 102 valence electrons. The summed E-state index contributed by atoms with van der Waals surface area (Å²) in [5.41, 5.74) is 2.89. The molecule has 3 rings (SSSR count). The van der Waals surface area contributed by atoms with Gasteiger partial charge in [0.25, 0.3) is 0 Å². The predicted molar refractivity (Wildman–Crippen MR) is 74.9 cm³/mol. The molecule has 3 heteroatoms. The molecule has 19 heavy (non-hydrogen) atoms. The Morgan fingerprint density at radius 3 is 2.74 bits per heavy atom. The highest BCUT2D eigenvalue weighted by Gasteiger charge is 2.27. The lowest BCUT2D eigenvalue weighted by Gasteiger charge is -2.30. The molecule has 1 amide bonds. The van der Waals surface area contributed by atoms with E-state index in [1.807, 2.05) is 18.2 Å². The first-order valence-electron chi connectivity index (χ1n) is 7.24. The fourth-order valence-electron chi connectivity index (χ4n) is 3.31. The minimum Gasteiger partial charge on any atom is -0.388 e. The van der Waals surface area contributed by atoms with E-state index in [0.29, 0.717) is 12.3 Å². The molecule has 1 unspecified atom stereocenters. The lowest BCUT2D eigenvalue weighted by molar-refractivity contribution is -0.115. The standard InChI is InChI=1S/C16H21NO2/c1-10-2-4-11(5-3-10)16(19)12-6-7-14-13(8-12)9-15(18)17-14/h6-8,10-11,16,19H,2-5,9H2,1H3,(H,17,18). The van der Waals surface area contributed by atoms with Crippen LogP contribution in [0.3, 0.4) is 0 Å². The van der Waals surface area contributed by atoms with Gasteiger partial charge in [0.05, 0.1) is 12.5 Å². The normalized spacial score (nSPS) is 27.8. The molecule has 2 N–H and O–H groups in total. The Balaban J connectivity index is 1.75. The SMILES string of the molecule is CC1CCC(C(O)c2ccc3c(c2)CC(=O)N3)CC1. The van der Waals surface area contributed by atoms with Crippen LogP contribution in [0.15, 0.2) is 18.2 Å². The third-order valence-corrected chi connectivity index (χ3v) is 4.60. The van der Waals surface area contributed by atoms with Crippen LogP contribution >= 0.6 is 0 Å². The number of carbonyl (C=O) groups is 1. The zero-order chi connectivity index (χ0) is 13.4. The maximum atomic E-state index is 11.3. The first kappa shape index (κ1) is 12.7. The Labute approximate surface area is 114 Å². The Morgan fingerprint density at radius 2 is 2.00 bits per heavy atom. The molecule has 0 bridgehead atoms. The maximum absolute atomic E-state index is 11.3. The van der Waals surface area contributed by atoms with Gasteiger partial charge in [-0.3, -0.25) is 4.79 Å². The van der Waals surface area contributed by atoms with Crippen LogP contribution in [0.5, 0.6) is 0 Å². The van der Waals surface area contributed by atoms with E-state index in [1.54, 1.807) is 0 Å². The van der Waals surface area contributed by atoms with Gasteiger partial charge in [-0.15, -0.1) is 0 Å². The molecule has 0 radical (unpaired) electrons. The number of hydrogen-bond acceptors (Lipinski definition) is 2. The zero-order valence-corrected chi connectivity index (χ0v) is 11.4. The van der Waals surface area contributed by atoms with Crippen LogP contribution in [-0.2, 0) is 11.2 Å². The molecule has 3 nitrogen and oxygen atoms in total. The summed E-state index contributed by atoms with van der Waals surface area (Å²) in [4.78, 5) is 11.3. The summed E-state index contributed by atoms with van der Waals surface area (Å²) in [6.45, 7) is 2.29. The summed E-state index contributed by atoms with van der Waals surface area (Å²) < 4.78 is 0. The second-order valence-electron chi connectivity index (χ2n) is 6.11. The van der Waals surface area contributed by atoms with Gasteiger partial charge >= 0.3 is 0 Å². The molecule has 0 spiro atoms. The topological polar surface area (TPSA) is 49.3 Å². The average Bonchev–Trinajstić information content (AvgIpc) is 2.77. The van der Waals surface area contributed by atoms with E-state index in [4.69, 9.17) is 0 Å². The van der Waals surface area contributed by atoms with Gasteiger partial charge in [0, 0.05) is 5.69 Å². The number of fused-ring (bicyclic) bond motifs is 1. The molecule has 1 atom stereocenters. The third-order valence-electron chi connectivity index (χ3n) is 4.60. The highest BCUT2D eigenvalue weighted by molar-refractivity contribution is 5.99. The van der Waals surface area contributed by atoms with Crippen LogP contribution in [0.4, 0.5) is 5.69 Å². The van der Waals surface area contributed by atoms with Crippen molar-refractivity contribution >= 4 is 11.6 Å². The van der Waals surface area contributed by atoms with Crippen molar-refractivity contribution in [3.05, 3.63) is 29.3 Å². The molecule has 0 saturated heterocycles. The monoisotopic (exact) mass is 259 g/mol. The minimum absolute atomic E-state index is 0.0492. The molecular formula is C16H21NO2. The van der Waals surface area contributed by atoms with Crippen LogP contribution in [0.25, 0.3) is 0 Å². The Morgan fingerprint density at radius 1 is 1.26 bits per heavy atom. The number of aliphatic hydroxyl groups is 1. The molecule has 1 saturated carbocycles. The molecule has 1 aromatic carbocycles. The van der Waals surface area contributed by atoms with Gasteiger partial charge in [0.1, 0.15) is 0 Å². The van der Waals surface area contributed by atoms with Gasteiger partial charge in [-0.05, 0) is 41.9 Å². The summed E-state index contributed by atoms with van der Waals surface area (Å²) in [7, 11) is 0. The number of benzene rings is 1. The van der Waals surface area contributed by atoms with Gasteiger partial charge in [0.2, 0.25) is 5.91 Å². The quantitative estimate of drug-likeness (QED) is 0.857. The molecule has 1 aromatic rings. The fourth-order valence-corrected chi connectivity index (χ4v) is 3.31. The van der Waals surface area contributed by atoms with E-state index in [9.17, 15) is 9.90 Å². The average molecular weight is 259 g/mol. The summed E-state index contributed by atoms with van der Waals surface area (Å²) in [6.07, 6.45) is 4.71. The lowest BCUT2D eigenvalue weighted by Crippen LogP contribution is -2.19. The van der Waals surface area contributed by atoms with Gasteiger partial charge < -0.3 is 10.4 Å². The third kappa shape index (κ3) is 2.52. The van der Waals surface area contributed by atoms with Crippen LogP contribution < -0.4 is 5.32 Å². The van der Waals surface area contributed by atoms with E-state index in [-0.39, 0.29) is 12.0 Å². The van der Waals surface area contributed by atoms with Crippen LogP contribution in [-0.4, -0.2) is 11.0 Å². The lowest BCUT2D eigenvalue weighted by atomic mass is 9.78. The molecule has 1 heterocycles. The number of nitrogens with one attached hydrogen (secondary N) is 1. The first-order chi connectivity index (χ1) is 9.13. The molecular weight excluding hydrogens is 238 g/mol. The molecule has 0 aromatic heterocycles. The zero-order valence-electron chi connectivity index (χ0n) is 11.4. The van der Waals surface area contributed by atoms with Crippen molar-refractivity contribution in [2.75, 3.05) is 5.32 Å². The molecule has 1 aliphatic carbocycles. The number of hydrogen-bond donors (Lipinski definition) is 2. The number of amides is 1. The van der Waals surface area contributed by atoms with E-state index < -0.39 is 0 Å². The highest BCUT2D eigenvalue weighted by Crippen LogP contribution is 2.38. The second-order valence-corrected chi connectivity index (χ2v) is 6.11. The predicted octanol–water partition coefficient (Wildman–Crippen LogP) is 3.04. The molecule has 1 aliphatic heterocycles. The molecule has 2 aliphatic rings. The van der Waals surface area contributed by atoms with Crippen molar-refractivity contribution in [1.82, 2.24) is 0 Å². The number of anilines is 1. The Bertz CT molecular complexity index is 490. The van der Waals surface area contributed by atoms with Crippen molar-refractivity contribution in [2.45, 2.75) is 45.1 Å². The molecule has 1 fully saturated rings. The van der Waals surface area contributed by atoms with E-state index >= 15 is 0 Å². The summed E-state index contributed by atoms with van der Waals surface area (Å²) in [5, 5.41) is 13.4. The minimum atomic E-state index is -0.381. The fraction of sp³-hybridized carbons (Fsp3) is 0.562. The second kappa shape index (κ2) is 4.97. The van der Waals surface area contributed by atoms with Crippen LogP contribution in [0.2, 0.25) is 0 Å². The van der Waals surface area contributed by atoms with E-state index in [1.165, 1.54) is 12.8 Å². The van der Waals surface area contributed by atoms with Gasteiger partial charge in [0.15, 0.2) is 0 Å². The highest BCUT2D eigenvalue weighted by atomic mass is 16.3. The number of carbonyl (C=O) groups excluding carboxylic acids is 1. The summed E-state index contributed by atoms with van der Waals surface area (Å²) in [6, 6.07) is 5.87. The first-order valence-corrected chi connectivity index (χ1v) is 7.24. The van der Waals surface area contributed by atoms with Crippen molar-refractivity contribution in [2.24, 2.45) is 11.8 Å². The van der Waals surface area contributed by atoms with Gasteiger partial charge in [-0.2, -0.15) is 0 Å². The number of aliphatic hydroxyl groups excluding tert-OH is 1. The van der Waals surface area contributed by atoms with Crippen LogP contribution in [0.1, 0.15) is 49.8 Å². The van der Waals surface area contributed by atoms with E-state index in [0.717, 1.165) is 35.6 Å². The Hall–Kier alpha value is -1.35. The van der Waals surface area contributed by atoms with Crippen molar-refractivity contribution in [3.63, 3.8) is 0 Å². The number of rotatable bonds is 2. The smallest absolute Gasteiger partial charge is 0.228 e. The van der Waals surface area contributed by atoms with Crippen molar-refractivity contribution < 1.29 is 9.90 Å². The van der Waals surface area contributed by atoms with Gasteiger partial charge in [-0.1, -0.05) is 31.9 Å². The van der Waals surface area contributed by atoms with Crippen LogP contribution in [0, 0.1) is 11.8 Å². The summed E-state index contributed by atoms with van der Waals surface area (Å²) >= 11 is 0.